The van der Waals surface area contributed by atoms with Crippen molar-refractivity contribution in [1.29, 1.82) is 0 Å². The Hall–Kier alpha value is -2.19. The monoisotopic (exact) mass is 289 g/mol. The molecule has 3 rings (SSSR count). The van der Waals surface area contributed by atoms with Crippen molar-refractivity contribution in [2.24, 2.45) is 5.84 Å². The highest BCUT2D eigenvalue weighted by atomic mass is 32.1. The van der Waals surface area contributed by atoms with Crippen LogP contribution in [0.15, 0.2) is 24.1 Å². The van der Waals surface area contributed by atoms with E-state index in [1.807, 2.05) is 35.0 Å². The highest BCUT2D eigenvalue weighted by molar-refractivity contribution is 7.09. The number of anilines is 2. The zero-order chi connectivity index (χ0) is 14.1. The Morgan fingerprint density at radius 1 is 1.45 bits per heavy atom. The van der Waals surface area contributed by atoms with Crippen molar-refractivity contribution >= 4 is 28.6 Å². The summed E-state index contributed by atoms with van der Waals surface area (Å²) in [6.07, 6.45) is 5.41. The summed E-state index contributed by atoms with van der Waals surface area (Å²) in [5, 5.41) is 0. The second-order valence-corrected chi connectivity index (χ2v) is 5.41. The van der Waals surface area contributed by atoms with Crippen LogP contribution >= 0.6 is 11.3 Å². The lowest BCUT2D eigenvalue weighted by atomic mass is 10.3. The zero-order valence-electron chi connectivity index (χ0n) is 11.2. The van der Waals surface area contributed by atoms with E-state index >= 15 is 0 Å². The molecule has 0 fully saturated rings. The van der Waals surface area contributed by atoms with Gasteiger partial charge in [-0.3, -0.25) is 0 Å². The van der Waals surface area contributed by atoms with Crippen molar-refractivity contribution in [2.75, 3.05) is 17.4 Å². The normalized spacial score (nSPS) is 10.9. The van der Waals surface area contributed by atoms with Gasteiger partial charge in [-0.15, -0.1) is 11.3 Å². The Morgan fingerprint density at radius 2 is 2.30 bits per heavy atom. The van der Waals surface area contributed by atoms with Gasteiger partial charge in [0.05, 0.1) is 23.9 Å². The first-order valence-electron chi connectivity index (χ1n) is 6.09. The molecule has 104 valence electrons. The smallest absolute Gasteiger partial charge is 0.180 e. The predicted octanol–water partition coefficient (Wildman–Crippen LogP) is 1.42. The van der Waals surface area contributed by atoms with Gasteiger partial charge in [-0.25, -0.2) is 20.8 Å². The fourth-order valence-electron chi connectivity index (χ4n) is 2.01. The van der Waals surface area contributed by atoms with Crippen LogP contribution in [0.3, 0.4) is 0 Å². The summed E-state index contributed by atoms with van der Waals surface area (Å²) < 4.78 is 1.90. The molecule has 0 radical (unpaired) electrons. The maximum atomic E-state index is 5.47. The lowest BCUT2D eigenvalue weighted by molar-refractivity contribution is 0.895. The number of fused-ring (bicyclic) bond motifs is 1. The molecule has 20 heavy (non-hydrogen) atoms. The number of nitrogen functional groups attached to an aromatic ring is 1. The Labute approximate surface area is 120 Å². The van der Waals surface area contributed by atoms with Gasteiger partial charge >= 0.3 is 0 Å². The van der Waals surface area contributed by atoms with E-state index in [9.17, 15) is 0 Å². The molecular weight excluding hydrogens is 274 g/mol. The zero-order valence-corrected chi connectivity index (χ0v) is 12.1. The SMILES string of the molecule is Cc1ncsc1CN(C)c1nc(NN)cn2ccnc12. The van der Waals surface area contributed by atoms with E-state index in [1.54, 1.807) is 23.7 Å². The first kappa shape index (κ1) is 12.8. The number of aromatic nitrogens is 4. The fourth-order valence-corrected chi connectivity index (χ4v) is 2.84. The first-order valence-corrected chi connectivity index (χ1v) is 6.97. The molecule has 0 spiro atoms. The quantitative estimate of drug-likeness (QED) is 0.558. The first-order chi connectivity index (χ1) is 9.69. The van der Waals surface area contributed by atoms with Crippen molar-refractivity contribution in [3.8, 4) is 0 Å². The minimum absolute atomic E-state index is 0.596. The van der Waals surface area contributed by atoms with E-state index in [4.69, 9.17) is 5.84 Å². The molecule has 0 aliphatic heterocycles. The third-order valence-electron chi connectivity index (χ3n) is 3.09. The second kappa shape index (κ2) is 5.06. The number of thiazole rings is 1. The van der Waals surface area contributed by atoms with E-state index in [0.29, 0.717) is 5.82 Å². The molecule has 8 heteroatoms. The summed E-state index contributed by atoms with van der Waals surface area (Å²) >= 11 is 1.64. The number of rotatable bonds is 4. The molecule has 3 heterocycles. The van der Waals surface area contributed by atoms with Crippen LogP contribution in [0.1, 0.15) is 10.6 Å². The third-order valence-corrected chi connectivity index (χ3v) is 4.01. The Kier molecular flexibility index (Phi) is 3.25. The molecule has 3 aromatic heterocycles. The number of hydrazine groups is 1. The van der Waals surface area contributed by atoms with E-state index in [0.717, 1.165) is 23.7 Å². The Morgan fingerprint density at radius 3 is 3.00 bits per heavy atom. The predicted molar refractivity (Wildman–Crippen MR) is 79.8 cm³/mol. The highest BCUT2D eigenvalue weighted by Crippen LogP contribution is 2.23. The number of nitrogens with zero attached hydrogens (tertiary/aromatic N) is 5. The van der Waals surface area contributed by atoms with E-state index in [1.165, 1.54) is 4.88 Å². The van der Waals surface area contributed by atoms with Crippen molar-refractivity contribution in [1.82, 2.24) is 19.4 Å². The molecular formula is C12H15N7S. The Bertz CT molecular complexity index is 732. The molecule has 0 saturated carbocycles. The maximum absolute atomic E-state index is 5.47. The number of nitrogens with two attached hydrogens (primary N) is 1. The van der Waals surface area contributed by atoms with Crippen LogP contribution in [0.4, 0.5) is 11.6 Å². The van der Waals surface area contributed by atoms with Gasteiger partial charge < -0.3 is 14.7 Å². The van der Waals surface area contributed by atoms with Gasteiger partial charge in [-0.2, -0.15) is 0 Å². The molecule has 7 nitrogen and oxygen atoms in total. The number of hydrogen-bond donors (Lipinski definition) is 2. The molecule has 0 saturated heterocycles. The standard InChI is InChI=1S/C12H15N7S/c1-8-9(20-7-15-8)5-18(2)12-11-14-3-4-19(11)6-10(16-12)17-13/h3-4,6-7,17H,5,13H2,1-2H3. The van der Waals surface area contributed by atoms with Crippen LogP contribution in [-0.2, 0) is 6.54 Å². The Balaban J connectivity index is 2.00. The van der Waals surface area contributed by atoms with Gasteiger partial charge in [0.1, 0.15) is 0 Å². The van der Waals surface area contributed by atoms with Gasteiger partial charge in [0.25, 0.3) is 0 Å². The van der Waals surface area contributed by atoms with E-state index < -0.39 is 0 Å². The molecule has 3 aromatic rings. The molecule has 0 aliphatic rings. The van der Waals surface area contributed by atoms with Gasteiger partial charge in [0, 0.05) is 24.3 Å². The van der Waals surface area contributed by atoms with Gasteiger partial charge in [0.15, 0.2) is 17.3 Å². The van der Waals surface area contributed by atoms with Gasteiger partial charge in [-0.1, -0.05) is 0 Å². The highest BCUT2D eigenvalue weighted by Gasteiger charge is 2.13. The third kappa shape index (κ3) is 2.19. The summed E-state index contributed by atoms with van der Waals surface area (Å²) in [5.74, 6) is 6.84. The summed E-state index contributed by atoms with van der Waals surface area (Å²) in [5.41, 5.74) is 6.28. The van der Waals surface area contributed by atoms with Gasteiger partial charge in [-0.05, 0) is 6.92 Å². The second-order valence-electron chi connectivity index (χ2n) is 4.47. The van der Waals surface area contributed by atoms with Crippen LogP contribution in [0.5, 0.6) is 0 Å². The van der Waals surface area contributed by atoms with Crippen molar-refractivity contribution in [3.63, 3.8) is 0 Å². The lowest BCUT2D eigenvalue weighted by Crippen LogP contribution is -2.20. The number of hydrogen-bond acceptors (Lipinski definition) is 7. The maximum Gasteiger partial charge on any atom is 0.180 e. The molecule has 3 N–H and O–H groups in total. The molecule has 0 aromatic carbocycles. The van der Waals surface area contributed by atoms with Crippen LogP contribution in [0, 0.1) is 6.92 Å². The summed E-state index contributed by atoms with van der Waals surface area (Å²) in [6.45, 7) is 2.75. The lowest BCUT2D eigenvalue weighted by Gasteiger charge is -2.19. The number of imidazole rings is 1. The van der Waals surface area contributed by atoms with Crippen LogP contribution in [0.2, 0.25) is 0 Å². The largest absolute Gasteiger partial charge is 0.351 e. The molecule has 0 atom stereocenters. The van der Waals surface area contributed by atoms with Crippen LogP contribution < -0.4 is 16.2 Å². The van der Waals surface area contributed by atoms with Crippen LogP contribution in [-0.4, -0.2) is 26.4 Å². The summed E-state index contributed by atoms with van der Waals surface area (Å²) in [4.78, 5) is 16.4. The topological polar surface area (TPSA) is 84.4 Å². The van der Waals surface area contributed by atoms with Crippen molar-refractivity contribution in [3.05, 3.63) is 34.7 Å². The van der Waals surface area contributed by atoms with Crippen LogP contribution in [0.25, 0.3) is 5.65 Å². The van der Waals surface area contributed by atoms with Gasteiger partial charge in [0.2, 0.25) is 0 Å². The molecule has 0 unspecified atom stereocenters. The minimum atomic E-state index is 0.596. The van der Waals surface area contributed by atoms with E-state index in [-0.39, 0.29) is 0 Å². The number of nitrogens with one attached hydrogen (secondary N) is 1. The molecule has 0 aliphatic carbocycles. The van der Waals surface area contributed by atoms with Crippen molar-refractivity contribution in [2.45, 2.75) is 13.5 Å². The van der Waals surface area contributed by atoms with Crippen molar-refractivity contribution < 1.29 is 0 Å². The summed E-state index contributed by atoms with van der Waals surface area (Å²) in [6, 6.07) is 0. The van der Waals surface area contributed by atoms with E-state index in [2.05, 4.69) is 20.4 Å². The molecule has 0 bridgehead atoms. The average molecular weight is 289 g/mol. The fraction of sp³-hybridized carbons (Fsp3) is 0.250. The summed E-state index contributed by atoms with van der Waals surface area (Å²) in [7, 11) is 1.98. The average Bonchev–Trinajstić information content (AvgIpc) is 3.06. The number of aryl methyl sites for hydroxylation is 1. The molecule has 0 amide bonds. The minimum Gasteiger partial charge on any atom is -0.351 e.